The molecular weight excluding hydrogens is 280 g/mol. The van der Waals surface area contributed by atoms with E-state index in [0.717, 1.165) is 11.1 Å². The van der Waals surface area contributed by atoms with Gasteiger partial charge >= 0.3 is 59.1 Å². The maximum atomic E-state index is 10.8. The number of carboxylic acids is 2. The molecule has 1 aromatic carbocycles. The van der Waals surface area contributed by atoms with Gasteiger partial charge in [-0.3, -0.25) is 4.90 Å². The van der Waals surface area contributed by atoms with E-state index in [9.17, 15) is 19.8 Å². The molecule has 1 aromatic rings. The maximum Gasteiger partial charge on any atom is 1.00 e. The molecule has 0 saturated carbocycles. The topological polar surface area (TPSA) is 83.5 Å². The van der Waals surface area contributed by atoms with Crippen LogP contribution in [-0.2, 0) is 16.1 Å². The third-order valence-electron chi connectivity index (χ3n) is 3.30. The number of hydrogen-bond acceptors (Lipinski definition) is 5. The summed E-state index contributed by atoms with van der Waals surface area (Å²) >= 11 is 0. The van der Waals surface area contributed by atoms with E-state index in [4.69, 9.17) is 0 Å². The van der Waals surface area contributed by atoms with Crippen LogP contribution in [0.25, 0.3) is 0 Å². The molecule has 5 nitrogen and oxygen atoms in total. The summed E-state index contributed by atoms with van der Waals surface area (Å²) in [6.45, 7) is 2.38. The van der Waals surface area contributed by atoms with E-state index in [1.54, 1.807) is 4.90 Å². The Hall–Kier alpha value is 0.120. The number of aryl methyl sites for hydroxylation is 1. The Morgan fingerprint density at radius 2 is 1.55 bits per heavy atom. The van der Waals surface area contributed by atoms with Crippen molar-refractivity contribution in [2.24, 2.45) is 5.41 Å². The van der Waals surface area contributed by atoms with Crippen LogP contribution in [0.5, 0.6) is 0 Å². The van der Waals surface area contributed by atoms with E-state index in [-0.39, 0.29) is 72.2 Å². The second kappa shape index (κ2) is 7.94. The first-order valence-corrected chi connectivity index (χ1v) is 5.65. The Labute approximate surface area is 161 Å². The molecular formula is C13H13NNa2O4. The smallest absolute Gasteiger partial charge is 0.549 e. The Morgan fingerprint density at radius 1 is 1.10 bits per heavy atom. The second-order valence-electron chi connectivity index (χ2n) is 4.79. The minimum absolute atomic E-state index is 0. The van der Waals surface area contributed by atoms with Crippen LogP contribution in [-0.4, -0.2) is 29.9 Å². The molecule has 2 rings (SSSR count). The standard InChI is InChI=1S/C13H15NO4.2Na/c1-9-2-4-10(5-3-9)6-14-7-13(8-14,11(15)16)12(17)18;;/h2-5H,6-8H2,1H3,(H,15,16)(H,17,18);;/q;2*+1/p-2. The minimum atomic E-state index is -1.84. The fourth-order valence-electron chi connectivity index (χ4n) is 2.12. The summed E-state index contributed by atoms with van der Waals surface area (Å²) in [5.41, 5.74) is 0.317. The maximum absolute atomic E-state index is 10.8. The van der Waals surface area contributed by atoms with Crippen LogP contribution in [0.2, 0.25) is 0 Å². The van der Waals surface area contributed by atoms with Crippen molar-refractivity contribution >= 4 is 11.9 Å². The van der Waals surface area contributed by atoms with Gasteiger partial charge in [-0.05, 0) is 12.5 Å². The third kappa shape index (κ3) is 4.07. The Balaban J connectivity index is 0.00000180. The van der Waals surface area contributed by atoms with Gasteiger partial charge in [0.25, 0.3) is 0 Å². The van der Waals surface area contributed by atoms with Crippen LogP contribution in [0.4, 0.5) is 0 Å². The molecule has 0 amide bonds. The summed E-state index contributed by atoms with van der Waals surface area (Å²) in [5.74, 6) is -3.13. The van der Waals surface area contributed by atoms with Crippen molar-refractivity contribution in [2.75, 3.05) is 13.1 Å². The zero-order chi connectivity index (χ0) is 13.3. The quantitative estimate of drug-likeness (QED) is 0.407. The van der Waals surface area contributed by atoms with Crippen LogP contribution < -0.4 is 69.3 Å². The van der Waals surface area contributed by atoms with Gasteiger partial charge in [-0.25, -0.2) is 0 Å². The van der Waals surface area contributed by atoms with Crippen LogP contribution in [0.15, 0.2) is 24.3 Å². The summed E-state index contributed by atoms with van der Waals surface area (Å²) in [5, 5.41) is 21.7. The molecule has 0 spiro atoms. The number of likely N-dealkylation sites (tertiary alicyclic amines) is 1. The van der Waals surface area contributed by atoms with E-state index in [2.05, 4.69) is 0 Å². The molecule has 0 atom stereocenters. The summed E-state index contributed by atoms with van der Waals surface area (Å²) in [6.07, 6.45) is 0. The van der Waals surface area contributed by atoms with Gasteiger partial charge in [-0.2, -0.15) is 0 Å². The molecule has 0 unspecified atom stereocenters. The Bertz CT molecular complexity index is 468. The number of carbonyl (C=O) groups is 2. The molecule has 0 N–H and O–H groups in total. The SMILES string of the molecule is Cc1ccc(CN2CC(C(=O)[O-])(C(=O)[O-])C2)cc1.[Na+].[Na+]. The predicted molar refractivity (Wildman–Crippen MR) is 58.9 cm³/mol. The van der Waals surface area contributed by atoms with Gasteiger partial charge in [-0.15, -0.1) is 0 Å². The van der Waals surface area contributed by atoms with E-state index < -0.39 is 17.4 Å². The first-order chi connectivity index (χ1) is 8.44. The van der Waals surface area contributed by atoms with Crippen molar-refractivity contribution in [2.45, 2.75) is 13.5 Å². The molecule has 20 heavy (non-hydrogen) atoms. The van der Waals surface area contributed by atoms with Gasteiger partial charge < -0.3 is 19.8 Å². The number of aliphatic carboxylic acids is 2. The molecule has 1 aliphatic heterocycles. The fraction of sp³-hybridized carbons (Fsp3) is 0.385. The van der Waals surface area contributed by atoms with Crippen molar-refractivity contribution < 1.29 is 78.9 Å². The normalized spacial score (nSPS) is 16.2. The van der Waals surface area contributed by atoms with Crippen LogP contribution >= 0.6 is 0 Å². The number of hydrogen-bond donors (Lipinski definition) is 0. The molecule has 1 saturated heterocycles. The van der Waals surface area contributed by atoms with Gasteiger partial charge in [0.1, 0.15) is 0 Å². The molecule has 7 heteroatoms. The van der Waals surface area contributed by atoms with Gasteiger partial charge in [0.15, 0.2) is 0 Å². The number of carboxylic acid groups (broad SMARTS) is 2. The van der Waals surface area contributed by atoms with Crippen molar-refractivity contribution in [3.05, 3.63) is 35.4 Å². The van der Waals surface area contributed by atoms with Crippen molar-refractivity contribution in [3.8, 4) is 0 Å². The van der Waals surface area contributed by atoms with Gasteiger partial charge in [-0.1, -0.05) is 29.8 Å². The first kappa shape index (κ1) is 20.1. The fourth-order valence-corrected chi connectivity index (χ4v) is 2.12. The average molecular weight is 293 g/mol. The summed E-state index contributed by atoms with van der Waals surface area (Å²) < 4.78 is 0. The van der Waals surface area contributed by atoms with E-state index in [0.29, 0.717) is 6.54 Å². The summed E-state index contributed by atoms with van der Waals surface area (Å²) in [4.78, 5) is 23.4. The zero-order valence-corrected chi connectivity index (χ0v) is 16.0. The van der Waals surface area contributed by atoms with Gasteiger partial charge in [0, 0.05) is 19.6 Å². The monoisotopic (exact) mass is 293 g/mol. The molecule has 96 valence electrons. The molecule has 0 aromatic heterocycles. The van der Waals surface area contributed by atoms with Crippen molar-refractivity contribution in [3.63, 3.8) is 0 Å². The van der Waals surface area contributed by atoms with E-state index in [1.165, 1.54) is 0 Å². The van der Waals surface area contributed by atoms with Crippen LogP contribution in [0, 0.1) is 12.3 Å². The van der Waals surface area contributed by atoms with Gasteiger partial charge in [0.05, 0.1) is 17.4 Å². The van der Waals surface area contributed by atoms with Crippen molar-refractivity contribution in [1.29, 1.82) is 0 Å². The summed E-state index contributed by atoms with van der Waals surface area (Å²) in [6, 6.07) is 7.79. The number of rotatable bonds is 4. The first-order valence-electron chi connectivity index (χ1n) is 5.65. The predicted octanol–water partition coefficient (Wildman–Crippen LogP) is -7.70. The zero-order valence-electron chi connectivity index (χ0n) is 12.0. The minimum Gasteiger partial charge on any atom is -0.549 e. The molecule has 0 bridgehead atoms. The molecule has 0 radical (unpaired) electrons. The van der Waals surface area contributed by atoms with Crippen molar-refractivity contribution in [1.82, 2.24) is 4.90 Å². The molecule has 1 heterocycles. The molecule has 1 aliphatic rings. The average Bonchev–Trinajstić information content (AvgIpc) is 2.24. The number of carbonyl (C=O) groups excluding carboxylic acids is 2. The summed E-state index contributed by atoms with van der Waals surface area (Å²) in [7, 11) is 0. The van der Waals surface area contributed by atoms with E-state index >= 15 is 0 Å². The third-order valence-corrected chi connectivity index (χ3v) is 3.30. The van der Waals surface area contributed by atoms with Crippen LogP contribution in [0.3, 0.4) is 0 Å². The molecule has 0 aliphatic carbocycles. The molecule has 1 fully saturated rings. The Morgan fingerprint density at radius 3 is 1.95 bits per heavy atom. The second-order valence-corrected chi connectivity index (χ2v) is 4.79. The van der Waals surface area contributed by atoms with E-state index in [1.807, 2.05) is 31.2 Å². The number of benzene rings is 1. The number of nitrogens with zero attached hydrogens (tertiary/aromatic N) is 1. The van der Waals surface area contributed by atoms with Gasteiger partial charge in [0.2, 0.25) is 0 Å². The largest absolute Gasteiger partial charge is 1.00 e. The van der Waals surface area contributed by atoms with Crippen LogP contribution in [0.1, 0.15) is 11.1 Å². The Kier molecular flexibility index (Phi) is 7.99.